The van der Waals surface area contributed by atoms with Crippen LogP contribution in [0, 0.1) is 23.1 Å². The highest BCUT2D eigenvalue weighted by Crippen LogP contribution is 2.46. The van der Waals surface area contributed by atoms with Gasteiger partial charge in [-0.3, -0.25) is 4.90 Å². The van der Waals surface area contributed by atoms with Crippen molar-refractivity contribution in [2.24, 2.45) is 5.92 Å². The van der Waals surface area contributed by atoms with Crippen molar-refractivity contribution < 1.29 is 4.39 Å². The summed E-state index contributed by atoms with van der Waals surface area (Å²) in [6.45, 7) is 3.37. The summed E-state index contributed by atoms with van der Waals surface area (Å²) >= 11 is 5.99. The highest BCUT2D eigenvalue weighted by molar-refractivity contribution is 6.29. The van der Waals surface area contributed by atoms with Crippen LogP contribution in [0.2, 0.25) is 5.15 Å². The molecule has 3 aliphatic rings. The second-order valence-electron chi connectivity index (χ2n) is 8.82. The van der Waals surface area contributed by atoms with Crippen molar-refractivity contribution in [3.8, 4) is 6.07 Å². The van der Waals surface area contributed by atoms with Crippen LogP contribution >= 0.6 is 11.6 Å². The molecule has 0 N–H and O–H groups in total. The molecule has 31 heavy (non-hydrogen) atoms. The molecular formula is C24H25ClFN5. The Labute approximate surface area is 187 Å². The fraction of sp³-hybridized carbons (Fsp3) is 0.458. The molecule has 160 valence electrons. The average molecular weight is 438 g/mol. The van der Waals surface area contributed by atoms with E-state index in [9.17, 15) is 9.65 Å². The largest absolute Gasteiger partial charge is 0.368 e. The Balaban J connectivity index is 1.23. The number of nitrogens with zero attached hydrogens (tertiary/aromatic N) is 5. The molecule has 2 fully saturated rings. The summed E-state index contributed by atoms with van der Waals surface area (Å²) in [6.07, 6.45) is 9.54. The van der Waals surface area contributed by atoms with Gasteiger partial charge in [-0.15, -0.1) is 5.10 Å². The van der Waals surface area contributed by atoms with Gasteiger partial charge in [0.2, 0.25) is 0 Å². The zero-order valence-corrected chi connectivity index (χ0v) is 18.1. The minimum absolute atomic E-state index is 0.137. The number of nitriles is 1. The van der Waals surface area contributed by atoms with Crippen molar-refractivity contribution in [1.29, 1.82) is 5.26 Å². The van der Waals surface area contributed by atoms with E-state index in [1.165, 1.54) is 6.07 Å². The minimum atomic E-state index is -0.399. The lowest BCUT2D eigenvalue weighted by Gasteiger charge is -2.48. The first kappa shape index (κ1) is 20.4. The Morgan fingerprint density at radius 3 is 2.65 bits per heavy atom. The Bertz CT molecular complexity index is 1030. The van der Waals surface area contributed by atoms with Crippen LogP contribution in [0.1, 0.15) is 42.7 Å². The number of allylic oxidation sites excluding steroid dienone is 1. The average Bonchev–Trinajstić information content (AvgIpc) is 3.25. The van der Waals surface area contributed by atoms with Gasteiger partial charge < -0.3 is 4.90 Å². The third kappa shape index (κ3) is 3.71. The van der Waals surface area contributed by atoms with E-state index in [0.29, 0.717) is 11.1 Å². The molecule has 2 heterocycles. The number of benzene rings is 1. The molecule has 1 saturated carbocycles. The number of anilines is 1. The Morgan fingerprint density at radius 1 is 1.16 bits per heavy atom. The topological polar surface area (TPSA) is 56.1 Å². The van der Waals surface area contributed by atoms with E-state index in [1.807, 2.05) is 18.2 Å². The summed E-state index contributed by atoms with van der Waals surface area (Å²) in [7, 11) is 0. The van der Waals surface area contributed by atoms with Crippen LogP contribution in [0.4, 0.5) is 10.1 Å². The highest BCUT2D eigenvalue weighted by Gasteiger charge is 2.43. The van der Waals surface area contributed by atoms with Crippen molar-refractivity contribution >= 4 is 23.4 Å². The Kier molecular flexibility index (Phi) is 5.41. The lowest BCUT2D eigenvalue weighted by molar-refractivity contribution is 0.0727. The molecule has 1 aromatic heterocycles. The molecular weight excluding hydrogens is 413 g/mol. The first-order chi connectivity index (χ1) is 15.1. The van der Waals surface area contributed by atoms with Crippen molar-refractivity contribution in [2.45, 2.75) is 37.1 Å². The van der Waals surface area contributed by atoms with E-state index < -0.39 is 5.54 Å². The molecule has 1 unspecified atom stereocenters. The van der Waals surface area contributed by atoms with Crippen molar-refractivity contribution in [1.82, 2.24) is 15.1 Å². The Hall–Kier alpha value is -2.49. The zero-order valence-electron chi connectivity index (χ0n) is 17.3. The number of hydrogen-bond donors (Lipinski definition) is 0. The third-order valence-corrected chi connectivity index (χ3v) is 7.53. The molecule has 1 saturated heterocycles. The summed E-state index contributed by atoms with van der Waals surface area (Å²) in [6, 6.07) is 9.90. The van der Waals surface area contributed by atoms with Crippen LogP contribution in [0.15, 0.2) is 36.5 Å². The summed E-state index contributed by atoms with van der Waals surface area (Å²) < 4.78 is 14.1. The zero-order chi connectivity index (χ0) is 21.4. The number of aromatic nitrogens is 2. The van der Waals surface area contributed by atoms with Crippen LogP contribution in [0.5, 0.6) is 0 Å². The minimum Gasteiger partial charge on any atom is -0.368 e. The van der Waals surface area contributed by atoms with Gasteiger partial charge in [-0.1, -0.05) is 35.9 Å². The van der Waals surface area contributed by atoms with Crippen LogP contribution in [0.3, 0.4) is 0 Å². The van der Waals surface area contributed by atoms with E-state index in [2.05, 4.69) is 38.2 Å². The van der Waals surface area contributed by atoms with Crippen molar-refractivity contribution in [3.05, 3.63) is 58.6 Å². The van der Waals surface area contributed by atoms with Crippen LogP contribution in [-0.2, 0) is 0 Å². The fourth-order valence-corrected chi connectivity index (χ4v) is 5.76. The molecule has 0 radical (unpaired) electrons. The molecule has 0 bridgehead atoms. The molecule has 1 atom stereocenters. The van der Waals surface area contributed by atoms with Crippen LogP contribution < -0.4 is 4.90 Å². The smallest absolute Gasteiger partial charge is 0.153 e. The predicted molar refractivity (Wildman–Crippen MR) is 119 cm³/mol. The summed E-state index contributed by atoms with van der Waals surface area (Å²) in [5, 5.41) is 18.3. The van der Waals surface area contributed by atoms with Crippen molar-refractivity contribution in [2.75, 3.05) is 31.1 Å². The molecule has 2 aromatic rings. The number of halogens is 2. The second-order valence-corrected chi connectivity index (χ2v) is 9.21. The van der Waals surface area contributed by atoms with Gasteiger partial charge in [0.05, 0.1) is 18.0 Å². The molecule has 7 heteroatoms. The number of hydrogen-bond acceptors (Lipinski definition) is 5. The standard InChI is InChI=1S/C24H25ClFN5/c25-23-14-18(15-28-29-23)30-10-12-31(13-11-30)24(16-27)8-6-17(7-9-24)19-4-5-21-20(19)2-1-3-22(21)26/h1-5,14-15,17,19H,6-13H2. The molecule has 0 spiro atoms. The van der Waals surface area contributed by atoms with Gasteiger partial charge in [-0.2, -0.15) is 10.4 Å². The monoisotopic (exact) mass is 437 g/mol. The van der Waals surface area contributed by atoms with Gasteiger partial charge in [0.15, 0.2) is 5.15 Å². The van der Waals surface area contributed by atoms with E-state index in [0.717, 1.165) is 68.7 Å². The number of piperazine rings is 1. The second kappa shape index (κ2) is 8.22. The highest BCUT2D eigenvalue weighted by atomic mass is 35.5. The van der Waals surface area contributed by atoms with E-state index in [-0.39, 0.29) is 11.7 Å². The third-order valence-electron chi connectivity index (χ3n) is 7.35. The maximum atomic E-state index is 14.1. The first-order valence-corrected chi connectivity index (χ1v) is 11.3. The number of rotatable bonds is 3. The SMILES string of the molecule is N#CC1(N2CCN(c3cnnc(Cl)c3)CC2)CCC(C2C=Cc3c(F)cccc32)CC1. The molecule has 1 aliphatic heterocycles. The van der Waals surface area contributed by atoms with E-state index >= 15 is 0 Å². The van der Waals surface area contributed by atoms with Gasteiger partial charge >= 0.3 is 0 Å². The normalized spacial score (nSPS) is 28.4. The maximum Gasteiger partial charge on any atom is 0.153 e. The van der Waals surface area contributed by atoms with Gasteiger partial charge in [0.25, 0.3) is 0 Å². The van der Waals surface area contributed by atoms with E-state index in [1.54, 1.807) is 6.20 Å². The van der Waals surface area contributed by atoms with Gasteiger partial charge in [0, 0.05) is 43.7 Å². The van der Waals surface area contributed by atoms with Gasteiger partial charge in [0.1, 0.15) is 11.4 Å². The first-order valence-electron chi connectivity index (χ1n) is 11.0. The molecule has 2 aliphatic carbocycles. The lowest BCUT2D eigenvalue weighted by atomic mass is 9.70. The molecule has 1 aromatic carbocycles. The van der Waals surface area contributed by atoms with Crippen LogP contribution in [0.25, 0.3) is 6.08 Å². The van der Waals surface area contributed by atoms with Gasteiger partial charge in [-0.25, -0.2) is 4.39 Å². The molecule has 5 nitrogen and oxygen atoms in total. The van der Waals surface area contributed by atoms with Crippen LogP contribution in [-0.4, -0.2) is 46.8 Å². The summed E-state index contributed by atoms with van der Waals surface area (Å²) in [5.74, 6) is 0.595. The summed E-state index contributed by atoms with van der Waals surface area (Å²) in [4.78, 5) is 4.62. The fourth-order valence-electron chi connectivity index (χ4n) is 5.61. The lowest BCUT2D eigenvalue weighted by Crippen LogP contribution is -2.58. The molecule has 5 rings (SSSR count). The maximum absolute atomic E-state index is 14.1. The quantitative estimate of drug-likeness (QED) is 0.699. The molecule has 0 amide bonds. The summed E-state index contributed by atoms with van der Waals surface area (Å²) in [5.41, 5.74) is 2.43. The Morgan fingerprint density at radius 2 is 1.94 bits per heavy atom. The van der Waals surface area contributed by atoms with Crippen molar-refractivity contribution in [3.63, 3.8) is 0 Å². The van der Waals surface area contributed by atoms with Gasteiger partial charge in [-0.05, 0) is 43.2 Å². The predicted octanol–water partition coefficient (Wildman–Crippen LogP) is 4.65. The van der Waals surface area contributed by atoms with E-state index in [4.69, 9.17) is 11.6 Å². The number of fused-ring (bicyclic) bond motifs is 1.